The molecular formula is C11H14N2O3S. The number of carbonyl (C=O) groups excluding carboxylic acids is 2. The smallest absolute Gasteiger partial charge is 0.324 e. The quantitative estimate of drug-likeness (QED) is 0.883. The second kappa shape index (κ2) is 5.27. The lowest BCUT2D eigenvalue weighted by molar-refractivity contribution is -0.126. The molecule has 5 nitrogen and oxygen atoms in total. The summed E-state index contributed by atoms with van der Waals surface area (Å²) in [6.07, 6.45) is 1.61. The summed E-state index contributed by atoms with van der Waals surface area (Å²) in [5, 5.41) is 2.37. The van der Waals surface area contributed by atoms with Crippen LogP contribution in [-0.4, -0.2) is 35.2 Å². The Morgan fingerprint density at radius 3 is 3.12 bits per heavy atom. The number of urea groups is 1. The van der Waals surface area contributed by atoms with Gasteiger partial charge in [0.2, 0.25) is 5.91 Å². The summed E-state index contributed by atoms with van der Waals surface area (Å²) in [6, 6.07) is 3.39. The van der Waals surface area contributed by atoms with Gasteiger partial charge in [-0.1, -0.05) is 0 Å². The van der Waals surface area contributed by atoms with Gasteiger partial charge in [-0.15, -0.1) is 11.8 Å². The van der Waals surface area contributed by atoms with Crippen molar-refractivity contribution in [3.05, 3.63) is 24.2 Å². The molecule has 1 aromatic heterocycles. The normalized spacial score (nSPS) is 17.0. The lowest BCUT2D eigenvalue weighted by atomic mass is 10.4. The number of furan rings is 1. The molecular weight excluding hydrogens is 240 g/mol. The van der Waals surface area contributed by atoms with Crippen LogP contribution in [0.1, 0.15) is 12.7 Å². The highest BCUT2D eigenvalue weighted by molar-refractivity contribution is 7.99. The van der Waals surface area contributed by atoms with Crippen molar-refractivity contribution in [2.24, 2.45) is 0 Å². The molecule has 1 aliphatic heterocycles. The van der Waals surface area contributed by atoms with Gasteiger partial charge < -0.3 is 9.73 Å². The minimum absolute atomic E-state index is 0.142. The minimum Gasteiger partial charge on any atom is -0.468 e. The third-order valence-electron chi connectivity index (χ3n) is 2.53. The van der Waals surface area contributed by atoms with E-state index >= 15 is 0 Å². The van der Waals surface area contributed by atoms with Crippen LogP contribution in [0.15, 0.2) is 22.8 Å². The van der Waals surface area contributed by atoms with Crippen molar-refractivity contribution in [3.8, 4) is 0 Å². The average Bonchev–Trinajstić information content (AvgIpc) is 2.95. The van der Waals surface area contributed by atoms with E-state index < -0.39 is 0 Å². The van der Waals surface area contributed by atoms with E-state index in [0.717, 1.165) is 5.76 Å². The number of nitrogens with one attached hydrogen (secondary N) is 1. The first-order chi connectivity index (χ1) is 8.18. The van der Waals surface area contributed by atoms with Gasteiger partial charge in [0.15, 0.2) is 0 Å². The fourth-order valence-electron chi connectivity index (χ4n) is 1.57. The van der Waals surface area contributed by atoms with E-state index in [-0.39, 0.29) is 17.2 Å². The maximum Gasteiger partial charge on any atom is 0.324 e. The predicted octanol–water partition coefficient (Wildman–Crippen LogP) is 1.45. The van der Waals surface area contributed by atoms with Gasteiger partial charge in [-0.05, 0) is 19.1 Å². The molecule has 1 aromatic rings. The van der Waals surface area contributed by atoms with Gasteiger partial charge in [0.25, 0.3) is 0 Å². The zero-order valence-corrected chi connectivity index (χ0v) is 10.3. The Balaban J connectivity index is 1.85. The van der Waals surface area contributed by atoms with Crippen LogP contribution in [0.4, 0.5) is 4.79 Å². The summed E-state index contributed by atoms with van der Waals surface area (Å²) < 4.78 is 5.19. The summed E-state index contributed by atoms with van der Waals surface area (Å²) in [5.41, 5.74) is 0. The van der Waals surface area contributed by atoms with Crippen molar-refractivity contribution < 1.29 is 14.0 Å². The summed E-state index contributed by atoms with van der Waals surface area (Å²) >= 11 is 1.47. The van der Waals surface area contributed by atoms with Crippen molar-refractivity contribution in [1.82, 2.24) is 10.2 Å². The molecule has 6 heteroatoms. The summed E-state index contributed by atoms with van der Waals surface area (Å²) in [7, 11) is 0. The van der Waals surface area contributed by atoms with Crippen LogP contribution in [0.5, 0.6) is 0 Å². The Morgan fingerprint density at radius 1 is 1.71 bits per heavy atom. The molecule has 0 aromatic carbocycles. The Kier molecular flexibility index (Phi) is 3.73. The maximum atomic E-state index is 11.9. The molecule has 17 heavy (non-hydrogen) atoms. The first-order valence-electron chi connectivity index (χ1n) is 5.41. The van der Waals surface area contributed by atoms with E-state index in [2.05, 4.69) is 5.32 Å². The van der Waals surface area contributed by atoms with Crippen LogP contribution in [-0.2, 0) is 10.5 Å². The van der Waals surface area contributed by atoms with Crippen molar-refractivity contribution in [1.29, 1.82) is 0 Å². The summed E-state index contributed by atoms with van der Waals surface area (Å²) in [5.74, 6) is 1.33. The van der Waals surface area contributed by atoms with Crippen LogP contribution < -0.4 is 5.32 Å². The second-order valence-corrected chi connectivity index (χ2v) is 5.08. The monoisotopic (exact) mass is 254 g/mol. The van der Waals surface area contributed by atoms with Crippen LogP contribution >= 0.6 is 11.8 Å². The maximum absolute atomic E-state index is 11.9. The number of imide groups is 1. The first-order valence-corrected chi connectivity index (χ1v) is 6.46. The molecule has 0 aliphatic carbocycles. The SMILES string of the molecule is C[C@H](SCc1ccco1)C(=O)N1CCNC1=O. The molecule has 1 saturated heterocycles. The highest BCUT2D eigenvalue weighted by atomic mass is 32.2. The van der Waals surface area contributed by atoms with Gasteiger partial charge in [-0.25, -0.2) is 4.79 Å². The molecule has 1 N–H and O–H groups in total. The molecule has 1 aliphatic rings. The van der Waals surface area contributed by atoms with Crippen molar-refractivity contribution >= 4 is 23.7 Å². The number of hydrogen-bond acceptors (Lipinski definition) is 4. The highest BCUT2D eigenvalue weighted by Gasteiger charge is 2.29. The van der Waals surface area contributed by atoms with Gasteiger partial charge in [0.05, 0.1) is 17.3 Å². The number of amides is 3. The Bertz CT molecular complexity index is 405. The predicted molar refractivity (Wildman–Crippen MR) is 64.6 cm³/mol. The summed E-state index contributed by atoms with van der Waals surface area (Å²) in [6.45, 7) is 2.81. The third kappa shape index (κ3) is 2.82. The standard InChI is InChI=1S/C11H14N2O3S/c1-8(17-7-9-3-2-6-16-9)10(14)13-5-4-12-11(13)15/h2-3,6,8H,4-5,7H2,1H3,(H,12,15)/t8-/m0/s1. The molecule has 0 bridgehead atoms. The Labute approximate surface area is 104 Å². The third-order valence-corrected chi connectivity index (χ3v) is 3.68. The van der Waals surface area contributed by atoms with Gasteiger partial charge in [-0.3, -0.25) is 9.69 Å². The highest BCUT2D eigenvalue weighted by Crippen LogP contribution is 2.20. The molecule has 2 heterocycles. The Morgan fingerprint density at radius 2 is 2.53 bits per heavy atom. The van der Waals surface area contributed by atoms with Crippen molar-refractivity contribution in [2.45, 2.75) is 17.9 Å². The van der Waals surface area contributed by atoms with Crippen LogP contribution in [0.25, 0.3) is 0 Å². The van der Waals surface area contributed by atoms with Crippen molar-refractivity contribution in [3.63, 3.8) is 0 Å². The van der Waals surface area contributed by atoms with E-state index in [1.54, 1.807) is 6.26 Å². The fourth-order valence-corrected chi connectivity index (χ4v) is 2.42. The van der Waals surface area contributed by atoms with E-state index in [1.165, 1.54) is 16.7 Å². The topological polar surface area (TPSA) is 62.6 Å². The lowest BCUT2D eigenvalue weighted by Crippen LogP contribution is -2.38. The number of rotatable bonds is 4. The minimum atomic E-state index is -0.291. The molecule has 1 fully saturated rings. The molecule has 0 saturated carbocycles. The van der Waals surface area contributed by atoms with Crippen LogP contribution in [0, 0.1) is 0 Å². The molecule has 0 unspecified atom stereocenters. The first kappa shape index (κ1) is 12.0. The van der Waals surface area contributed by atoms with E-state index in [1.807, 2.05) is 19.1 Å². The van der Waals surface area contributed by atoms with Crippen molar-refractivity contribution in [2.75, 3.05) is 13.1 Å². The average molecular weight is 254 g/mol. The van der Waals surface area contributed by atoms with Gasteiger partial charge in [0.1, 0.15) is 5.76 Å². The van der Waals surface area contributed by atoms with E-state index in [9.17, 15) is 9.59 Å². The van der Waals surface area contributed by atoms with Crippen LogP contribution in [0.3, 0.4) is 0 Å². The number of hydrogen-bond donors (Lipinski definition) is 1. The fraction of sp³-hybridized carbons (Fsp3) is 0.455. The second-order valence-electron chi connectivity index (χ2n) is 3.75. The number of thioether (sulfide) groups is 1. The van der Waals surface area contributed by atoms with Gasteiger partial charge in [0, 0.05) is 13.1 Å². The van der Waals surface area contributed by atoms with E-state index in [0.29, 0.717) is 18.8 Å². The molecule has 1 atom stereocenters. The van der Waals surface area contributed by atoms with Gasteiger partial charge in [-0.2, -0.15) is 0 Å². The molecule has 3 amide bonds. The number of carbonyl (C=O) groups is 2. The number of nitrogens with zero attached hydrogens (tertiary/aromatic N) is 1. The zero-order valence-electron chi connectivity index (χ0n) is 9.51. The summed E-state index contributed by atoms with van der Waals surface area (Å²) in [4.78, 5) is 24.5. The van der Waals surface area contributed by atoms with E-state index in [4.69, 9.17) is 4.42 Å². The largest absolute Gasteiger partial charge is 0.468 e. The zero-order chi connectivity index (χ0) is 12.3. The molecule has 2 rings (SSSR count). The molecule has 0 radical (unpaired) electrons. The van der Waals surface area contributed by atoms with Gasteiger partial charge >= 0.3 is 6.03 Å². The lowest BCUT2D eigenvalue weighted by Gasteiger charge is -2.16. The van der Waals surface area contributed by atoms with Crippen LogP contribution in [0.2, 0.25) is 0 Å². The molecule has 92 valence electrons. The Hall–Kier alpha value is -1.43. The molecule has 0 spiro atoms.